The summed E-state index contributed by atoms with van der Waals surface area (Å²) in [6, 6.07) is 9.16. The van der Waals surface area contributed by atoms with Crippen molar-refractivity contribution in [3.8, 4) is 0 Å². The van der Waals surface area contributed by atoms with Crippen molar-refractivity contribution in [3.05, 3.63) is 29.8 Å². The normalized spacial score (nSPS) is 12.5. The van der Waals surface area contributed by atoms with Gasteiger partial charge in [0.1, 0.15) is 0 Å². The molecule has 0 saturated heterocycles. The molecule has 0 spiro atoms. The molecule has 2 heteroatoms. The third-order valence-electron chi connectivity index (χ3n) is 3.13. The van der Waals surface area contributed by atoms with E-state index in [1.165, 1.54) is 17.7 Å². The van der Waals surface area contributed by atoms with Gasteiger partial charge < -0.3 is 10.2 Å². The Balaban J connectivity index is 2.96. The lowest BCUT2D eigenvalue weighted by Crippen LogP contribution is -2.27. The van der Waals surface area contributed by atoms with Gasteiger partial charge >= 0.3 is 0 Å². The van der Waals surface area contributed by atoms with Crippen molar-refractivity contribution in [1.29, 1.82) is 0 Å². The van der Waals surface area contributed by atoms with Crippen molar-refractivity contribution >= 4 is 5.69 Å². The van der Waals surface area contributed by atoms with Gasteiger partial charge in [-0.1, -0.05) is 32.0 Å². The Bertz CT molecular complexity index is 322. The van der Waals surface area contributed by atoms with Crippen LogP contribution in [0.25, 0.3) is 0 Å². The molecular formula is C15H26N2. The fraction of sp³-hybridized carbons (Fsp3) is 0.600. The van der Waals surface area contributed by atoms with Gasteiger partial charge in [-0.3, -0.25) is 0 Å². The lowest BCUT2D eigenvalue weighted by Gasteiger charge is -2.27. The molecule has 0 radical (unpaired) electrons. The maximum absolute atomic E-state index is 3.50. The molecule has 1 N–H and O–H groups in total. The number of anilines is 1. The van der Waals surface area contributed by atoms with Crippen molar-refractivity contribution in [2.24, 2.45) is 0 Å². The van der Waals surface area contributed by atoms with E-state index in [2.05, 4.69) is 62.2 Å². The van der Waals surface area contributed by atoms with Crippen LogP contribution in [0.5, 0.6) is 0 Å². The first kappa shape index (κ1) is 14.0. The first-order chi connectivity index (χ1) is 8.24. The summed E-state index contributed by atoms with van der Waals surface area (Å²) in [5.41, 5.74) is 2.79. The van der Waals surface area contributed by atoms with Crippen LogP contribution >= 0.6 is 0 Å². The van der Waals surface area contributed by atoms with Crippen LogP contribution in [-0.4, -0.2) is 19.6 Å². The van der Waals surface area contributed by atoms with Crippen molar-refractivity contribution < 1.29 is 0 Å². The van der Waals surface area contributed by atoms with E-state index < -0.39 is 0 Å². The molecule has 0 heterocycles. The zero-order valence-corrected chi connectivity index (χ0v) is 11.7. The predicted octanol–water partition coefficient (Wildman–Crippen LogP) is 3.59. The van der Waals surface area contributed by atoms with Gasteiger partial charge in [-0.25, -0.2) is 0 Å². The second kappa shape index (κ2) is 7.33. The Morgan fingerprint density at radius 2 is 1.88 bits per heavy atom. The predicted molar refractivity (Wildman–Crippen MR) is 76.7 cm³/mol. The third-order valence-corrected chi connectivity index (χ3v) is 3.13. The standard InChI is InChI=1S/C15H26N2/c1-5-12-17(7-3)15-11-9-8-10-14(15)13(4)16-6-2/h8-11,13,16H,5-7,12H2,1-4H3. The maximum Gasteiger partial charge on any atom is 0.0414 e. The molecule has 1 unspecified atom stereocenters. The summed E-state index contributed by atoms with van der Waals surface area (Å²) in [6.07, 6.45) is 1.19. The number of benzene rings is 1. The molecule has 1 rings (SSSR count). The van der Waals surface area contributed by atoms with Crippen LogP contribution in [0, 0.1) is 0 Å². The Hall–Kier alpha value is -1.02. The van der Waals surface area contributed by atoms with Crippen LogP contribution in [0.15, 0.2) is 24.3 Å². The Labute approximate surface area is 106 Å². The first-order valence-electron chi connectivity index (χ1n) is 6.81. The second-order valence-corrected chi connectivity index (χ2v) is 4.42. The lowest BCUT2D eigenvalue weighted by molar-refractivity contribution is 0.595. The number of hydrogen-bond acceptors (Lipinski definition) is 2. The van der Waals surface area contributed by atoms with E-state index in [0.29, 0.717) is 6.04 Å². The molecule has 17 heavy (non-hydrogen) atoms. The summed E-state index contributed by atoms with van der Waals surface area (Å²) in [7, 11) is 0. The van der Waals surface area contributed by atoms with Gasteiger partial charge in [-0.05, 0) is 38.4 Å². The zero-order valence-electron chi connectivity index (χ0n) is 11.7. The summed E-state index contributed by atoms with van der Waals surface area (Å²) in [5, 5.41) is 3.50. The monoisotopic (exact) mass is 234 g/mol. The molecule has 96 valence electrons. The molecule has 0 aromatic heterocycles. The Morgan fingerprint density at radius 3 is 2.47 bits per heavy atom. The molecule has 1 aromatic rings. The average Bonchev–Trinajstić information content (AvgIpc) is 2.36. The molecule has 0 aliphatic rings. The molecule has 0 aliphatic heterocycles. The molecule has 0 bridgehead atoms. The van der Waals surface area contributed by atoms with Gasteiger partial charge in [-0.2, -0.15) is 0 Å². The highest BCUT2D eigenvalue weighted by Gasteiger charge is 2.12. The van der Waals surface area contributed by atoms with E-state index in [1.807, 2.05) is 0 Å². The topological polar surface area (TPSA) is 15.3 Å². The van der Waals surface area contributed by atoms with Crippen LogP contribution in [0.4, 0.5) is 5.69 Å². The van der Waals surface area contributed by atoms with E-state index in [0.717, 1.165) is 19.6 Å². The number of para-hydroxylation sites is 1. The highest BCUT2D eigenvalue weighted by atomic mass is 15.1. The quantitative estimate of drug-likeness (QED) is 0.775. The summed E-state index contributed by atoms with van der Waals surface area (Å²) in [5.74, 6) is 0. The molecule has 2 nitrogen and oxygen atoms in total. The van der Waals surface area contributed by atoms with Gasteiger partial charge in [0.05, 0.1) is 0 Å². The summed E-state index contributed by atoms with van der Waals surface area (Å²) < 4.78 is 0. The molecule has 0 fully saturated rings. The van der Waals surface area contributed by atoms with E-state index in [9.17, 15) is 0 Å². The van der Waals surface area contributed by atoms with Gasteiger partial charge in [0, 0.05) is 24.8 Å². The number of rotatable bonds is 7. The maximum atomic E-state index is 3.50. The van der Waals surface area contributed by atoms with E-state index in [-0.39, 0.29) is 0 Å². The highest BCUT2D eigenvalue weighted by Crippen LogP contribution is 2.26. The van der Waals surface area contributed by atoms with Crippen molar-refractivity contribution in [2.75, 3.05) is 24.5 Å². The molecule has 0 aliphatic carbocycles. The number of nitrogens with one attached hydrogen (secondary N) is 1. The van der Waals surface area contributed by atoms with Crippen LogP contribution in [-0.2, 0) is 0 Å². The smallest absolute Gasteiger partial charge is 0.0414 e. The minimum atomic E-state index is 0.419. The fourth-order valence-corrected chi connectivity index (χ4v) is 2.28. The fourth-order valence-electron chi connectivity index (χ4n) is 2.28. The highest BCUT2D eigenvalue weighted by molar-refractivity contribution is 5.54. The van der Waals surface area contributed by atoms with Crippen LogP contribution in [0.3, 0.4) is 0 Å². The molecule has 0 amide bonds. The van der Waals surface area contributed by atoms with Gasteiger partial charge in [-0.15, -0.1) is 0 Å². The summed E-state index contributed by atoms with van der Waals surface area (Å²) in [6.45, 7) is 12.1. The largest absolute Gasteiger partial charge is 0.372 e. The van der Waals surface area contributed by atoms with Crippen LogP contribution in [0.2, 0.25) is 0 Å². The van der Waals surface area contributed by atoms with Crippen molar-refractivity contribution in [1.82, 2.24) is 5.32 Å². The Kier molecular flexibility index (Phi) is 6.06. The van der Waals surface area contributed by atoms with Gasteiger partial charge in [0.2, 0.25) is 0 Å². The molecule has 1 aromatic carbocycles. The zero-order chi connectivity index (χ0) is 12.7. The number of nitrogens with zero attached hydrogens (tertiary/aromatic N) is 1. The van der Waals surface area contributed by atoms with Gasteiger partial charge in [0.15, 0.2) is 0 Å². The minimum Gasteiger partial charge on any atom is -0.372 e. The van der Waals surface area contributed by atoms with Crippen molar-refractivity contribution in [2.45, 2.75) is 40.2 Å². The molecule has 1 atom stereocenters. The SMILES string of the molecule is CCCN(CC)c1ccccc1C(C)NCC. The van der Waals surface area contributed by atoms with Crippen molar-refractivity contribution in [3.63, 3.8) is 0 Å². The van der Waals surface area contributed by atoms with E-state index >= 15 is 0 Å². The number of hydrogen-bond donors (Lipinski definition) is 1. The van der Waals surface area contributed by atoms with Gasteiger partial charge in [0.25, 0.3) is 0 Å². The second-order valence-electron chi connectivity index (χ2n) is 4.42. The van der Waals surface area contributed by atoms with Crippen LogP contribution in [0.1, 0.15) is 45.7 Å². The minimum absolute atomic E-state index is 0.419. The van der Waals surface area contributed by atoms with E-state index in [1.54, 1.807) is 0 Å². The molecular weight excluding hydrogens is 208 g/mol. The summed E-state index contributed by atoms with van der Waals surface area (Å²) in [4.78, 5) is 2.46. The lowest BCUT2D eigenvalue weighted by atomic mass is 10.0. The summed E-state index contributed by atoms with van der Waals surface area (Å²) >= 11 is 0. The third kappa shape index (κ3) is 3.74. The first-order valence-corrected chi connectivity index (χ1v) is 6.81. The van der Waals surface area contributed by atoms with Crippen LogP contribution < -0.4 is 10.2 Å². The molecule has 0 saturated carbocycles. The Morgan fingerprint density at radius 1 is 1.18 bits per heavy atom. The van der Waals surface area contributed by atoms with E-state index in [4.69, 9.17) is 0 Å². The average molecular weight is 234 g/mol.